The third kappa shape index (κ3) is 6.07. The van der Waals surface area contributed by atoms with E-state index >= 15 is 0 Å². The Morgan fingerprint density at radius 1 is 1.07 bits per heavy atom. The largest absolute Gasteiger partial charge is 0.497 e. The molecule has 0 saturated heterocycles. The first kappa shape index (κ1) is 20.4. The zero-order valence-corrected chi connectivity index (χ0v) is 17.2. The van der Waals surface area contributed by atoms with E-state index in [1.54, 1.807) is 13.2 Å². The van der Waals surface area contributed by atoms with Crippen LogP contribution in [-0.4, -0.2) is 28.6 Å². The molecule has 0 saturated carbocycles. The molecule has 0 amide bonds. The van der Waals surface area contributed by atoms with Gasteiger partial charge in [-0.05, 0) is 67.8 Å². The van der Waals surface area contributed by atoms with Gasteiger partial charge in [0.1, 0.15) is 17.2 Å². The van der Waals surface area contributed by atoms with Crippen LogP contribution >= 0.6 is 0 Å². The molecule has 3 rings (SSSR count). The Kier molecular flexibility index (Phi) is 6.17. The third-order valence-corrected chi connectivity index (χ3v) is 4.20. The molecule has 0 aliphatic heterocycles. The van der Waals surface area contributed by atoms with Crippen LogP contribution in [0, 0.1) is 0 Å². The van der Waals surface area contributed by atoms with Crippen molar-refractivity contribution in [3.8, 4) is 17.0 Å². The number of nitrogens with one attached hydrogen (secondary N) is 1. The summed E-state index contributed by atoms with van der Waals surface area (Å²) in [5.74, 6) is 1.38. The summed E-state index contributed by atoms with van der Waals surface area (Å²) in [6.07, 6.45) is 5.75. The standard InChI is InChI=1S/C24H26N2O3/c1-24(2,3)29-23(27)14-9-17-5-7-18(8-6-17)15-22-25-16-21(26-22)19-10-12-20(28-4)13-11-19/h5-14,16H,15H2,1-4H3,(H,25,26)/b14-9+. The van der Waals surface area contributed by atoms with E-state index in [0.29, 0.717) is 6.42 Å². The zero-order valence-electron chi connectivity index (χ0n) is 17.2. The molecule has 0 unspecified atom stereocenters. The first-order valence-corrected chi connectivity index (χ1v) is 9.51. The average molecular weight is 390 g/mol. The number of esters is 1. The predicted molar refractivity (Wildman–Crippen MR) is 115 cm³/mol. The fourth-order valence-electron chi connectivity index (χ4n) is 2.81. The molecule has 150 valence electrons. The fraction of sp³-hybridized carbons (Fsp3) is 0.250. The number of nitrogens with zero attached hydrogens (tertiary/aromatic N) is 1. The van der Waals surface area contributed by atoms with Crippen LogP contribution in [0.15, 0.2) is 60.8 Å². The number of aromatic nitrogens is 2. The van der Waals surface area contributed by atoms with Crippen molar-refractivity contribution in [1.29, 1.82) is 0 Å². The van der Waals surface area contributed by atoms with Crippen LogP contribution in [0.1, 0.15) is 37.7 Å². The van der Waals surface area contributed by atoms with E-state index in [0.717, 1.165) is 34.0 Å². The Labute approximate surface area is 171 Å². The van der Waals surface area contributed by atoms with Crippen LogP contribution in [0.3, 0.4) is 0 Å². The molecule has 0 radical (unpaired) electrons. The van der Waals surface area contributed by atoms with Gasteiger partial charge in [-0.2, -0.15) is 0 Å². The lowest BCUT2D eigenvalue weighted by Crippen LogP contribution is -2.22. The van der Waals surface area contributed by atoms with Gasteiger partial charge < -0.3 is 14.5 Å². The van der Waals surface area contributed by atoms with Crippen molar-refractivity contribution in [2.24, 2.45) is 0 Å². The van der Waals surface area contributed by atoms with E-state index in [4.69, 9.17) is 9.47 Å². The lowest BCUT2D eigenvalue weighted by molar-refractivity contribution is -0.148. The Morgan fingerprint density at radius 3 is 2.38 bits per heavy atom. The van der Waals surface area contributed by atoms with Crippen molar-refractivity contribution in [3.63, 3.8) is 0 Å². The molecule has 0 bridgehead atoms. The Morgan fingerprint density at radius 2 is 1.76 bits per heavy atom. The SMILES string of the molecule is COc1ccc(-c2cnc(Cc3ccc(/C=C/C(=O)OC(C)(C)C)cc3)[nH]2)cc1. The van der Waals surface area contributed by atoms with Crippen molar-refractivity contribution in [2.45, 2.75) is 32.8 Å². The van der Waals surface area contributed by atoms with Gasteiger partial charge in [0.15, 0.2) is 0 Å². The van der Waals surface area contributed by atoms with E-state index in [1.165, 1.54) is 6.08 Å². The number of carbonyl (C=O) groups excluding carboxylic acids is 1. The summed E-state index contributed by atoms with van der Waals surface area (Å²) in [6.45, 7) is 5.55. The summed E-state index contributed by atoms with van der Waals surface area (Å²) >= 11 is 0. The molecule has 1 N–H and O–H groups in total. The number of rotatable bonds is 6. The van der Waals surface area contributed by atoms with Gasteiger partial charge in [0.05, 0.1) is 19.0 Å². The summed E-state index contributed by atoms with van der Waals surface area (Å²) in [5, 5.41) is 0. The molecule has 0 aliphatic rings. The van der Waals surface area contributed by atoms with Crippen molar-refractivity contribution in [2.75, 3.05) is 7.11 Å². The predicted octanol–water partition coefficient (Wildman–Crippen LogP) is 5.03. The minimum absolute atomic E-state index is 0.344. The molecule has 0 atom stereocenters. The molecule has 5 heteroatoms. The van der Waals surface area contributed by atoms with Crippen LogP contribution < -0.4 is 4.74 Å². The molecule has 29 heavy (non-hydrogen) atoms. The highest BCUT2D eigenvalue weighted by Gasteiger charge is 2.13. The quantitative estimate of drug-likeness (QED) is 0.473. The van der Waals surface area contributed by atoms with Crippen LogP contribution in [0.5, 0.6) is 5.75 Å². The summed E-state index contributed by atoms with van der Waals surface area (Å²) in [6, 6.07) is 15.9. The summed E-state index contributed by atoms with van der Waals surface area (Å²) < 4.78 is 10.5. The maximum atomic E-state index is 11.8. The maximum absolute atomic E-state index is 11.8. The van der Waals surface area contributed by atoms with Gasteiger partial charge in [-0.3, -0.25) is 0 Å². The smallest absolute Gasteiger partial charge is 0.331 e. The number of methoxy groups -OCH3 is 1. The van der Waals surface area contributed by atoms with Crippen LogP contribution in [0.2, 0.25) is 0 Å². The normalized spacial score (nSPS) is 11.6. The van der Waals surface area contributed by atoms with Crippen molar-refractivity contribution in [3.05, 3.63) is 77.8 Å². The molecule has 0 aliphatic carbocycles. The second-order valence-electron chi connectivity index (χ2n) is 7.76. The summed E-state index contributed by atoms with van der Waals surface area (Å²) in [5.41, 5.74) is 3.62. The van der Waals surface area contributed by atoms with Crippen molar-refractivity contribution in [1.82, 2.24) is 9.97 Å². The number of ether oxygens (including phenoxy) is 2. The molecular weight excluding hydrogens is 364 g/mol. The highest BCUT2D eigenvalue weighted by atomic mass is 16.6. The first-order chi connectivity index (χ1) is 13.8. The second-order valence-corrected chi connectivity index (χ2v) is 7.76. The van der Waals surface area contributed by atoms with Gasteiger partial charge in [-0.1, -0.05) is 24.3 Å². The Bertz CT molecular complexity index is 978. The van der Waals surface area contributed by atoms with Crippen molar-refractivity contribution < 1.29 is 14.3 Å². The summed E-state index contributed by atoms with van der Waals surface area (Å²) in [7, 11) is 1.65. The van der Waals surface area contributed by atoms with Gasteiger partial charge in [0.25, 0.3) is 0 Å². The van der Waals surface area contributed by atoms with E-state index < -0.39 is 5.60 Å². The number of imidazole rings is 1. The van der Waals surface area contributed by atoms with Gasteiger partial charge >= 0.3 is 5.97 Å². The van der Waals surface area contributed by atoms with Crippen molar-refractivity contribution >= 4 is 12.0 Å². The molecule has 1 heterocycles. The number of hydrogen-bond acceptors (Lipinski definition) is 4. The van der Waals surface area contributed by atoms with Crippen LogP contribution in [0.25, 0.3) is 17.3 Å². The molecular formula is C24H26N2O3. The molecule has 3 aromatic rings. The topological polar surface area (TPSA) is 64.2 Å². The van der Waals surface area contributed by atoms with Gasteiger partial charge in [-0.25, -0.2) is 9.78 Å². The summed E-state index contributed by atoms with van der Waals surface area (Å²) in [4.78, 5) is 19.6. The minimum Gasteiger partial charge on any atom is -0.497 e. The van der Waals surface area contributed by atoms with Gasteiger partial charge in [0.2, 0.25) is 0 Å². The maximum Gasteiger partial charge on any atom is 0.331 e. The van der Waals surface area contributed by atoms with E-state index in [1.807, 2.05) is 75.5 Å². The molecule has 2 aromatic carbocycles. The lowest BCUT2D eigenvalue weighted by Gasteiger charge is -2.17. The first-order valence-electron chi connectivity index (χ1n) is 9.51. The highest BCUT2D eigenvalue weighted by molar-refractivity contribution is 5.87. The van der Waals surface area contributed by atoms with E-state index in [2.05, 4.69) is 9.97 Å². The highest BCUT2D eigenvalue weighted by Crippen LogP contribution is 2.21. The number of aromatic amines is 1. The number of H-pyrrole nitrogens is 1. The molecule has 0 spiro atoms. The Hall–Kier alpha value is -3.34. The number of benzene rings is 2. The number of carbonyl (C=O) groups is 1. The third-order valence-electron chi connectivity index (χ3n) is 4.20. The number of hydrogen-bond donors (Lipinski definition) is 1. The fourth-order valence-corrected chi connectivity index (χ4v) is 2.81. The van der Waals surface area contributed by atoms with Crippen LogP contribution in [-0.2, 0) is 16.0 Å². The average Bonchev–Trinajstić information content (AvgIpc) is 3.15. The molecule has 0 fully saturated rings. The van der Waals surface area contributed by atoms with Gasteiger partial charge in [-0.15, -0.1) is 0 Å². The van der Waals surface area contributed by atoms with E-state index in [-0.39, 0.29) is 5.97 Å². The monoisotopic (exact) mass is 390 g/mol. The minimum atomic E-state index is -0.487. The van der Waals surface area contributed by atoms with Crippen LogP contribution in [0.4, 0.5) is 0 Å². The lowest BCUT2D eigenvalue weighted by atomic mass is 10.1. The second kappa shape index (κ2) is 8.78. The van der Waals surface area contributed by atoms with Gasteiger partial charge in [0, 0.05) is 12.5 Å². The molecule has 5 nitrogen and oxygen atoms in total. The molecule has 1 aromatic heterocycles. The Balaban J connectivity index is 1.61. The van der Waals surface area contributed by atoms with E-state index in [9.17, 15) is 4.79 Å². The zero-order chi connectivity index (χ0) is 20.9.